The molecule has 9 heteroatoms. The van der Waals surface area contributed by atoms with E-state index in [0.717, 1.165) is 27.8 Å². The van der Waals surface area contributed by atoms with Crippen LogP contribution in [0.5, 0.6) is 0 Å². The van der Waals surface area contributed by atoms with Crippen LogP contribution < -0.4 is 5.32 Å². The van der Waals surface area contributed by atoms with Crippen molar-refractivity contribution in [2.24, 2.45) is 0 Å². The minimum Gasteiger partial charge on any atom is -0.292 e. The average molecular weight is 455 g/mol. The van der Waals surface area contributed by atoms with Crippen molar-refractivity contribution < 1.29 is 9.18 Å². The molecule has 3 aromatic heterocycles. The summed E-state index contributed by atoms with van der Waals surface area (Å²) in [6.45, 7) is 4.27. The third kappa shape index (κ3) is 4.40. The number of nitrogens with zero attached hydrogens (tertiary/aromatic N) is 6. The first kappa shape index (κ1) is 21.4. The third-order valence-corrected chi connectivity index (χ3v) is 5.49. The quantitative estimate of drug-likeness (QED) is 0.416. The van der Waals surface area contributed by atoms with E-state index in [9.17, 15) is 9.18 Å². The van der Waals surface area contributed by atoms with Crippen molar-refractivity contribution in [2.45, 2.75) is 26.9 Å². The Hall–Kier alpha value is -4.40. The van der Waals surface area contributed by atoms with Gasteiger partial charge >= 0.3 is 0 Å². The largest absolute Gasteiger partial charge is 0.292 e. The highest BCUT2D eigenvalue weighted by Gasteiger charge is 2.16. The maximum Gasteiger partial charge on any atom is 0.248 e. The molecule has 0 atom stereocenters. The Morgan fingerprint density at radius 2 is 1.85 bits per heavy atom. The van der Waals surface area contributed by atoms with Crippen molar-refractivity contribution in [3.63, 3.8) is 0 Å². The number of nitrogens with one attached hydrogen (secondary N) is 1. The van der Waals surface area contributed by atoms with Crippen molar-refractivity contribution in [1.82, 2.24) is 29.5 Å². The highest BCUT2D eigenvalue weighted by molar-refractivity contribution is 5.96. The highest BCUT2D eigenvalue weighted by Crippen LogP contribution is 2.30. The summed E-state index contributed by atoms with van der Waals surface area (Å²) in [6, 6.07) is 16.5. The minimum atomic E-state index is -0.324. The Labute approximate surface area is 195 Å². The highest BCUT2D eigenvalue weighted by atomic mass is 19.1. The summed E-state index contributed by atoms with van der Waals surface area (Å²) in [4.78, 5) is 21.3. The summed E-state index contributed by atoms with van der Waals surface area (Å²) in [7, 11) is 0. The zero-order valence-corrected chi connectivity index (χ0v) is 18.7. The van der Waals surface area contributed by atoms with Gasteiger partial charge in [0.1, 0.15) is 18.7 Å². The van der Waals surface area contributed by atoms with Crippen molar-refractivity contribution >= 4 is 22.9 Å². The molecule has 0 saturated carbocycles. The van der Waals surface area contributed by atoms with E-state index in [4.69, 9.17) is 0 Å². The predicted molar refractivity (Wildman–Crippen MR) is 127 cm³/mol. The molecule has 0 spiro atoms. The van der Waals surface area contributed by atoms with Gasteiger partial charge in [0.05, 0.1) is 12.2 Å². The summed E-state index contributed by atoms with van der Waals surface area (Å²) in [5.74, 6) is -0.467. The molecule has 0 aliphatic rings. The van der Waals surface area contributed by atoms with E-state index in [0.29, 0.717) is 12.2 Å². The van der Waals surface area contributed by atoms with Crippen LogP contribution in [-0.4, -0.2) is 35.4 Å². The molecule has 3 heterocycles. The topological polar surface area (TPSA) is 90.5 Å². The molecule has 1 N–H and O–H groups in total. The van der Waals surface area contributed by atoms with E-state index in [2.05, 4.69) is 49.7 Å². The van der Waals surface area contributed by atoms with Crippen LogP contribution in [0.2, 0.25) is 0 Å². The molecule has 0 aliphatic heterocycles. The number of carbonyl (C=O) groups excluding carboxylic acids is 1. The number of pyridine rings is 1. The first-order valence-corrected chi connectivity index (χ1v) is 10.8. The zero-order chi connectivity index (χ0) is 23.7. The lowest BCUT2D eigenvalue weighted by Gasteiger charge is -2.06. The van der Waals surface area contributed by atoms with Gasteiger partial charge in [0.25, 0.3) is 0 Å². The molecule has 0 aliphatic carbocycles. The fourth-order valence-corrected chi connectivity index (χ4v) is 3.92. The molecular weight excluding hydrogens is 433 g/mol. The Morgan fingerprint density at radius 3 is 2.65 bits per heavy atom. The lowest BCUT2D eigenvalue weighted by molar-refractivity contribution is -0.116. The number of aromatic nitrogens is 6. The Morgan fingerprint density at radius 1 is 1.03 bits per heavy atom. The Bertz CT molecular complexity index is 1490. The number of hydrogen-bond acceptors (Lipinski definition) is 5. The number of fused-ring (bicyclic) bond motifs is 1. The summed E-state index contributed by atoms with van der Waals surface area (Å²) in [6.07, 6.45) is 3.21. The van der Waals surface area contributed by atoms with Gasteiger partial charge in [0.2, 0.25) is 11.9 Å². The zero-order valence-electron chi connectivity index (χ0n) is 18.7. The first-order valence-electron chi connectivity index (χ1n) is 10.8. The maximum atomic E-state index is 13.4. The molecule has 170 valence electrons. The van der Waals surface area contributed by atoms with E-state index < -0.39 is 0 Å². The maximum absolute atomic E-state index is 13.4. The third-order valence-electron chi connectivity index (χ3n) is 5.49. The van der Waals surface area contributed by atoms with Crippen molar-refractivity contribution in [1.29, 1.82) is 0 Å². The molecular formula is C25H22FN7O. The number of anilines is 1. The smallest absolute Gasteiger partial charge is 0.248 e. The molecule has 5 rings (SSSR count). The van der Waals surface area contributed by atoms with Gasteiger partial charge in [-0.3, -0.25) is 10.1 Å². The number of halogens is 1. The van der Waals surface area contributed by atoms with Gasteiger partial charge in [-0.05, 0) is 48.7 Å². The van der Waals surface area contributed by atoms with Gasteiger partial charge in [0.15, 0.2) is 5.65 Å². The van der Waals surface area contributed by atoms with Gasteiger partial charge in [-0.15, -0.1) is 5.10 Å². The van der Waals surface area contributed by atoms with Crippen LogP contribution in [0.1, 0.15) is 16.8 Å². The molecule has 8 nitrogen and oxygen atoms in total. The van der Waals surface area contributed by atoms with Gasteiger partial charge in [0, 0.05) is 11.6 Å². The number of benzene rings is 2. The van der Waals surface area contributed by atoms with E-state index in [1.165, 1.54) is 28.7 Å². The van der Waals surface area contributed by atoms with Gasteiger partial charge in [-0.2, -0.15) is 5.10 Å². The van der Waals surface area contributed by atoms with Crippen LogP contribution in [0.4, 0.5) is 10.3 Å². The van der Waals surface area contributed by atoms with Crippen LogP contribution in [0.25, 0.3) is 22.2 Å². The Kier molecular flexibility index (Phi) is 5.59. The van der Waals surface area contributed by atoms with Crippen molar-refractivity contribution in [3.05, 3.63) is 89.8 Å². The molecule has 5 aromatic rings. The fraction of sp³-hybridized carbons (Fsp3) is 0.160. The number of carbonyl (C=O) groups is 1. The monoisotopic (exact) mass is 455 g/mol. The van der Waals surface area contributed by atoms with E-state index >= 15 is 0 Å². The van der Waals surface area contributed by atoms with Crippen LogP contribution in [0, 0.1) is 19.7 Å². The summed E-state index contributed by atoms with van der Waals surface area (Å²) in [5, 5.41) is 12.4. The molecule has 34 heavy (non-hydrogen) atoms. The Balaban J connectivity index is 1.33. The lowest BCUT2D eigenvalue weighted by Crippen LogP contribution is -2.20. The molecule has 2 aromatic carbocycles. The van der Waals surface area contributed by atoms with E-state index in [1.807, 2.05) is 19.9 Å². The molecule has 0 saturated heterocycles. The second-order valence-corrected chi connectivity index (χ2v) is 8.11. The number of amides is 1. The molecule has 0 unspecified atom stereocenters. The van der Waals surface area contributed by atoms with Gasteiger partial charge < -0.3 is 0 Å². The predicted octanol–water partition coefficient (Wildman–Crippen LogP) is 4.13. The summed E-state index contributed by atoms with van der Waals surface area (Å²) >= 11 is 0. The summed E-state index contributed by atoms with van der Waals surface area (Å²) in [5.41, 5.74) is 5.45. The molecule has 1 amide bonds. The minimum absolute atomic E-state index is 0.0346. The van der Waals surface area contributed by atoms with Crippen LogP contribution in [0.3, 0.4) is 0 Å². The van der Waals surface area contributed by atoms with Crippen LogP contribution >= 0.6 is 0 Å². The standard InChI is InChI=1S/C25H22FN7O/c1-16-6-8-19(9-7-16)21-10-11-27-24-23(21)17(2)30-33(24)14-22(34)29-25-28-15-32(31-25)13-18-4-3-5-20(26)12-18/h3-12,15H,13-14H2,1-2H3,(H,29,31,34). The normalized spacial score (nSPS) is 11.1. The lowest BCUT2D eigenvalue weighted by atomic mass is 10.0. The second kappa shape index (κ2) is 8.86. The van der Waals surface area contributed by atoms with E-state index in [1.54, 1.807) is 23.0 Å². The van der Waals surface area contributed by atoms with Crippen LogP contribution in [-0.2, 0) is 17.9 Å². The fourth-order valence-electron chi connectivity index (χ4n) is 3.92. The van der Waals surface area contributed by atoms with Gasteiger partial charge in [-0.25, -0.2) is 23.7 Å². The SMILES string of the molecule is Cc1ccc(-c2ccnc3c2c(C)nn3CC(=O)Nc2ncn(Cc3cccc(F)c3)n2)cc1. The molecule has 0 fully saturated rings. The van der Waals surface area contributed by atoms with Crippen molar-refractivity contribution in [3.8, 4) is 11.1 Å². The number of hydrogen-bond donors (Lipinski definition) is 1. The van der Waals surface area contributed by atoms with Crippen LogP contribution in [0.15, 0.2) is 67.1 Å². The van der Waals surface area contributed by atoms with Gasteiger partial charge in [-0.1, -0.05) is 42.0 Å². The summed E-state index contributed by atoms with van der Waals surface area (Å²) < 4.78 is 16.5. The molecule has 0 bridgehead atoms. The van der Waals surface area contributed by atoms with E-state index in [-0.39, 0.29) is 24.2 Å². The van der Waals surface area contributed by atoms with Crippen molar-refractivity contribution in [2.75, 3.05) is 5.32 Å². The second-order valence-electron chi connectivity index (χ2n) is 8.11. The molecule has 0 radical (unpaired) electrons. The average Bonchev–Trinajstić information content (AvgIpc) is 3.38. The first-order chi connectivity index (χ1) is 16.5. The number of aryl methyl sites for hydroxylation is 2. The number of rotatable bonds is 6.